The summed E-state index contributed by atoms with van der Waals surface area (Å²) in [5.74, 6) is 5.13. The summed E-state index contributed by atoms with van der Waals surface area (Å²) >= 11 is 0. The zero-order valence-electron chi connectivity index (χ0n) is 19.7. The number of benzene rings is 2. The Morgan fingerprint density at radius 1 is 0.879 bits per heavy atom. The average molecular weight is 454 g/mol. The summed E-state index contributed by atoms with van der Waals surface area (Å²) in [6.07, 6.45) is 11.3. The van der Waals surface area contributed by atoms with Gasteiger partial charge in [0.1, 0.15) is 5.82 Å². The number of unbranched alkanes of at least 4 members (excludes halogenated alkanes) is 8. The van der Waals surface area contributed by atoms with Gasteiger partial charge in [-0.05, 0) is 41.8 Å². The fourth-order valence-electron chi connectivity index (χ4n) is 3.50. The van der Waals surface area contributed by atoms with Crippen LogP contribution in [0.1, 0.15) is 81.4 Å². The van der Waals surface area contributed by atoms with Gasteiger partial charge in [0, 0.05) is 25.1 Å². The van der Waals surface area contributed by atoms with E-state index in [-0.39, 0.29) is 5.82 Å². The van der Waals surface area contributed by atoms with Crippen LogP contribution in [-0.2, 0) is 22.7 Å². The minimum Gasteiger partial charge on any atom is -0.479 e. The van der Waals surface area contributed by atoms with Crippen molar-refractivity contribution in [3.63, 3.8) is 0 Å². The lowest BCUT2D eigenvalue weighted by molar-refractivity contribution is -0.190. The highest BCUT2D eigenvalue weighted by molar-refractivity contribution is 5.67. The summed E-state index contributed by atoms with van der Waals surface area (Å²) in [5.41, 5.74) is 2.79. The molecule has 5 heteroatoms. The van der Waals surface area contributed by atoms with Gasteiger partial charge in [0.15, 0.2) is 6.61 Å². The molecule has 2 aromatic rings. The monoisotopic (exact) mass is 453 g/mol. The van der Waals surface area contributed by atoms with Gasteiger partial charge in [0.05, 0.1) is 0 Å². The molecular weight excluding hydrogens is 417 g/mol. The standard InChI is InChI=1S/C28H36FNO3/c1-2-3-4-5-6-7-8-9-10-11-12-24-13-15-25(16-14-24)21-30(33-23-28(31)32)22-26-17-19-27(29)20-18-26/h13-20H,2-10,21-23H2,1H3,(H,31,32). The summed E-state index contributed by atoms with van der Waals surface area (Å²) in [7, 11) is 0. The van der Waals surface area contributed by atoms with Crippen LogP contribution in [0.25, 0.3) is 0 Å². The zero-order chi connectivity index (χ0) is 23.7. The van der Waals surface area contributed by atoms with E-state index in [2.05, 4.69) is 18.8 Å². The first kappa shape index (κ1) is 26.6. The van der Waals surface area contributed by atoms with Crippen molar-refractivity contribution in [3.8, 4) is 11.8 Å². The van der Waals surface area contributed by atoms with E-state index in [9.17, 15) is 9.18 Å². The molecule has 0 bridgehead atoms. The quantitative estimate of drug-likeness (QED) is 0.185. The van der Waals surface area contributed by atoms with Crippen LogP contribution in [0.3, 0.4) is 0 Å². The van der Waals surface area contributed by atoms with Crippen molar-refractivity contribution >= 4 is 5.97 Å². The molecule has 0 aliphatic heterocycles. The molecule has 178 valence electrons. The Kier molecular flexibility index (Phi) is 12.9. The molecule has 33 heavy (non-hydrogen) atoms. The van der Waals surface area contributed by atoms with E-state index < -0.39 is 12.6 Å². The van der Waals surface area contributed by atoms with Crippen molar-refractivity contribution < 1.29 is 19.1 Å². The Morgan fingerprint density at radius 3 is 2.00 bits per heavy atom. The molecule has 0 unspecified atom stereocenters. The third-order valence-corrected chi connectivity index (χ3v) is 5.34. The van der Waals surface area contributed by atoms with Crippen molar-refractivity contribution in [3.05, 3.63) is 71.0 Å². The molecular formula is C28H36FNO3. The van der Waals surface area contributed by atoms with Crippen molar-refractivity contribution in [2.75, 3.05) is 6.61 Å². The number of hydroxylamine groups is 2. The first-order valence-electron chi connectivity index (χ1n) is 12.0. The Morgan fingerprint density at radius 2 is 1.42 bits per heavy atom. The minimum atomic E-state index is -1.04. The van der Waals surface area contributed by atoms with Gasteiger partial charge < -0.3 is 5.11 Å². The first-order valence-corrected chi connectivity index (χ1v) is 12.0. The second-order valence-electron chi connectivity index (χ2n) is 8.32. The second-order valence-corrected chi connectivity index (χ2v) is 8.32. The average Bonchev–Trinajstić information content (AvgIpc) is 2.81. The summed E-state index contributed by atoms with van der Waals surface area (Å²) < 4.78 is 13.1. The van der Waals surface area contributed by atoms with Crippen molar-refractivity contribution in [2.45, 2.75) is 77.8 Å². The minimum absolute atomic E-state index is 0.309. The van der Waals surface area contributed by atoms with E-state index in [0.717, 1.165) is 29.5 Å². The number of hydrogen-bond donors (Lipinski definition) is 1. The summed E-state index contributed by atoms with van der Waals surface area (Å²) in [6.45, 7) is 2.59. The molecule has 2 rings (SSSR count). The highest BCUT2D eigenvalue weighted by Gasteiger charge is 2.10. The summed E-state index contributed by atoms with van der Waals surface area (Å²) in [5, 5.41) is 10.5. The van der Waals surface area contributed by atoms with Crippen LogP contribution in [0.2, 0.25) is 0 Å². The SMILES string of the molecule is CCCCCCCCCCC#Cc1ccc(CN(Cc2ccc(F)cc2)OCC(=O)O)cc1. The molecule has 0 saturated carbocycles. The smallest absolute Gasteiger partial charge is 0.331 e. The fraction of sp³-hybridized carbons (Fsp3) is 0.464. The second kappa shape index (κ2) is 16.0. The molecule has 0 atom stereocenters. The highest BCUT2D eigenvalue weighted by Crippen LogP contribution is 2.13. The van der Waals surface area contributed by atoms with Crippen LogP contribution in [0.5, 0.6) is 0 Å². The van der Waals surface area contributed by atoms with E-state index in [4.69, 9.17) is 9.94 Å². The van der Waals surface area contributed by atoms with E-state index in [0.29, 0.717) is 13.1 Å². The fourth-order valence-corrected chi connectivity index (χ4v) is 3.50. The van der Waals surface area contributed by atoms with Crippen LogP contribution in [0.15, 0.2) is 48.5 Å². The molecule has 0 aromatic heterocycles. The van der Waals surface area contributed by atoms with Crippen molar-refractivity contribution in [1.29, 1.82) is 0 Å². The topological polar surface area (TPSA) is 49.8 Å². The van der Waals surface area contributed by atoms with Crippen LogP contribution < -0.4 is 0 Å². The van der Waals surface area contributed by atoms with E-state index in [1.807, 2.05) is 24.3 Å². The molecule has 0 saturated heterocycles. The van der Waals surface area contributed by atoms with Crippen LogP contribution in [0, 0.1) is 17.7 Å². The van der Waals surface area contributed by atoms with Gasteiger partial charge in [-0.1, -0.05) is 88.0 Å². The Labute approximate surface area is 197 Å². The maximum absolute atomic E-state index is 13.1. The molecule has 0 heterocycles. The van der Waals surface area contributed by atoms with E-state index >= 15 is 0 Å². The molecule has 4 nitrogen and oxygen atoms in total. The largest absolute Gasteiger partial charge is 0.479 e. The molecule has 0 radical (unpaired) electrons. The van der Waals surface area contributed by atoms with Gasteiger partial charge in [-0.15, -0.1) is 0 Å². The van der Waals surface area contributed by atoms with Crippen LogP contribution in [0.4, 0.5) is 4.39 Å². The molecule has 0 aliphatic rings. The number of hydrogen-bond acceptors (Lipinski definition) is 3. The van der Waals surface area contributed by atoms with Gasteiger partial charge in [-0.25, -0.2) is 9.18 Å². The van der Waals surface area contributed by atoms with E-state index in [1.54, 1.807) is 17.2 Å². The normalized spacial score (nSPS) is 10.8. The van der Waals surface area contributed by atoms with Crippen molar-refractivity contribution in [1.82, 2.24) is 5.06 Å². The number of carbonyl (C=O) groups is 1. The highest BCUT2D eigenvalue weighted by atomic mass is 19.1. The lowest BCUT2D eigenvalue weighted by atomic mass is 10.1. The Hall–Kier alpha value is -2.68. The summed E-state index contributed by atoms with van der Waals surface area (Å²) in [4.78, 5) is 16.3. The third-order valence-electron chi connectivity index (χ3n) is 5.34. The van der Waals surface area contributed by atoms with Crippen molar-refractivity contribution in [2.24, 2.45) is 0 Å². The molecule has 0 fully saturated rings. The van der Waals surface area contributed by atoms with E-state index in [1.165, 1.54) is 57.1 Å². The molecule has 1 N–H and O–H groups in total. The Bertz CT molecular complexity index is 869. The lowest BCUT2D eigenvalue weighted by Crippen LogP contribution is -2.26. The number of carboxylic acids is 1. The molecule has 0 amide bonds. The number of nitrogens with zero attached hydrogens (tertiary/aromatic N) is 1. The van der Waals surface area contributed by atoms with Gasteiger partial charge >= 0.3 is 5.97 Å². The Balaban J connectivity index is 1.78. The maximum atomic E-state index is 13.1. The van der Waals surface area contributed by atoms with Gasteiger partial charge in [0.2, 0.25) is 0 Å². The molecule has 0 aliphatic carbocycles. The number of halogens is 1. The maximum Gasteiger partial charge on any atom is 0.331 e. The predicted octanol–water partition coefficient (Wildman–Crippen LogP) is 6.73. The van der Waals surface area contributed by atoms with Gasteiger partial charge in [-0.2, -0.15) is 5.06 Å². The van der Waals surface area contributed by atoms with Crippen LogP contribution in [-0.4, -0.2) is 22.7 Å². The number of carboxylic acid groups (broad SMARTS) is 1. The first-order chi connectivity index (χ1) is 16.1. The number of aliphatic carboxylic acids is 1. The molecule has 0 spiro atoms. The van der Waals surface area contributed by atoms with Gasteiger partial charge in [0.25, 0.3) is 0 Å². The zero-order valence-corrected chi connectivity index (χ0v) is 19.7. The lowest BCUT2D eigenvalue weighted by Gasteiger charge is -2.21. The number of rotatable bonds is 15. The third kappa shape index (κ3) is 12.2. The predicted molar refractivity (Wildman–Crippen MR) is 130 cm³/mol. The molecule has 2 aromatic carbocycles. The summed E-state index contributed by atoms with van der Waals surface area (Å²) in [6, 6.07) is 14.0. The van der Waals surface area contributed by atoms with Gasteiger partial charge in [-0.3, -0.25) is 4.84 Å². The van der Waals surface area contributed by atoms with Crippen LogP contribution >= 0.6 is 0 Å².